The molecule has 122 valence electrons. The lowest BCUT2D eigenvalue weighted by atomic mass is 10.2. The van der Waals surface area contributed by atoms with Gasteiger partial charge in [0.05, 0.1) is 0 Å². The number of carbonyl (C=O) groups is 1. The van der Waals surface area contributed by atoms with Gasteiger partial charge in [0.25, 0.3) is 5.91 Å². The number of unbranched alkanes of at least 4 members (excludes halogenated alkanes) is 1. The fourth-order valence-electron chi connectivity index (χ4n) is 1.95. The van der Waals surface area contributed by atoms with Crippen molar-refractivity contribution >= 4 is 5.91 Å². The van der Waals surface area contributed by atoms with E-state index >= 15 is 0 Å². The van der Waals surface area contributed by atoms with Gasteiger partial charge in [-0.3, -0.25) is 9.78 Å². The Morgan fingerprint density at radius 1 is 1.22 bits per heavy atom. The second-order valence-electron chi connectivity index (χ2n) is 5.10. The number of hydrogen-bond donors (Lipinski definition) is 1. The molecule has 0 unspecified atom stereocenters. The highest BCUT2D eigenvalue weighted by molar-refractivity contribution is 5.77. The molecule has 2 rings (SSSR count). The highest BCUT2D eigenvalue weighted by Crippen LogP contribution is 2.18. The molecule has 2 aromatic heterocycles. The summed E-state index contributed by atoms with van der Waals surface area (Å²) in [6.07, 6.45) is 6.16. The van der Waals surface area contributed by atoms with Crippen molar-refractivity contribution < 1.29 is 9.53 Å². The van der Waals surface area contributed by atoms with E-state index in [-0.39, 0.29) is 12.5 Å². The molecule has 0 aliphatic carbocycles. The van der Waals surface area contributed by atoms with Gasteiger partial charge in [-0.15, -0.1) is 0 Å². The Bertz CT molecular complexity index is 632. The van der Waals surface area contributed by atoms with E-state index in [1.165, 1.54) is 0 Å². The maximum absolute atomic E-state index is 11.7. The molecule has 0 fully saturated rings. The van der Waals surface area contributed by atoms with Crippen LogP contribution in [0.2, 0.25) is 0 Å². The number of nitrogens with zero attached hydrogens (tertiary/aromatic N) is 3. The van der Waals surface area contributed by atoms with Gasteiger partial charge in [0.2, 0.25) is 5.88 Å². The van der Waals surface area contributed by atoms with Crippen molar-refractivity contribution in [1.29, 1.82) is 0 Å². The Balaban J connectivity index is 2.05. The molecule has 0 radical (unpaired) electrons. The topological polar surface area (TPSA) is 77.0 Å². The van der Waals surface area contributed by atoms with Gasteiger partial charge in [-0.25, -0.2) is 4.98 Å². The number of pyridine rings is 1. The standard InChI is InChI=1S/C17H22N4O2/c1-3-5-8-19-15(22)12-23-16-11-14(4-2)20-17(21-16)13-6-9-18-10-7-13/h6-7,9-11H,3-5,8,12H2,1-2H3,(H,19,22). The van der Waals surface area contributed by atoms with Crippen LogP contribution in [0.25, 0.3) is 11.4 Å². The molecular formula is C17H22N4O2. The first-order valence-electron chi connectivity index (χ1n) is 7.90. The first-order valence-corrected chi connectivity index (χ1v) is 7.90. The summed E-state index contributed by atoms with van der Waals surface area (Å²) in [5.74, 6) is 0.850. The Labute approximate surface area is 136 Å². The van der Waals surface area contributed by atoms with Gasteiger partial charge >= 0.3 is 0 Å². The van der Waals surface area contributed by atoms with E-state index < -0.39 is 0 Å². The maximum Gasteiger partial charge on any atom is 0.258 e. The number of ether oxygens (including phenoxy) is 1. The van der Waals surface area contributed by atoms with Crippen LogP contribution in [0.5, 0.6) is 5.88 Å². The number of rotatable bonds is 8. The molecule has 2 aromatic rings. The van der Waals surface area contributed by atoms with E-state index in [4.69, 9.17) is 4.74 Å². The van der Waals surface area contributed by atoms with E-state index in [2.05, 4.69) is 27.2 Å². The Hall–Kier alpha value is -2.50. The summed E-state index contributed by atoms with van der Waals surface area (Å²) in [6, 6.07) is 5.45. The van der Waals surface area contributed by atoms with Gasteiger partial charge in [-0.2, -0.15) is 4.98 Å². The van der Waals surface area contributed by atoms with Crippen LogP contribution in [0.4, 0.5) is 0 Å². The molecule has 0 saturated heterocycles. The van der Waals surface area contributed by atoms with Crippen molar-refractivity contribution in [3.8, 4) is 17.3 Å². The van der Waals surface area contributed by atoms with Gasteiger partial charge < -0.3 is 10.1 Å². The summed E-state index contributed by atoms with van der Waals surface area (Å²) in [6.45, 7) is 4.72. The molecule has 0 atom stereocenters. The lowest BCUT2D eigenvalue weighted by Crippen LogP contribution is -2.29. The molecule has 0 aromatic carbocycles. The monoisotopic (exact) mass is 314 g/mol. The van der Waals surface area contributed by atoms with Crippen molar-refractivity contribution in [2.45, 2.75) is 33.1 Å². The molecule has 0 aliphatic rings. The lowest BCUT2D eigenvalue weighted by molar-refractivity contribution is -0.123. The normalized spacial score (nSPS) is 10.3. The van der Waals surface area contributed by atoms with Crippen LogP contribution in [0.3, 0.4) is 0 Å². The van der Waals surface area contributed by atoms with Crippen molar-refractivity contribution in [2.24, 2.45) is 0 Å². The fourth-order valence-corrected chi connectivity index (χ4v) is 1.95. The van der Waals surface area contributed by atoms with E-state index in [1.54, 1.807) is 18.5 Å². The smallest absolute Gasteiger partial charge is 0.258 e. The van der Waals surface area contributed by atoms with Gasteiger partial charge in [-0.1, -0.05) is 20.3 Å². The first kappa shape index (κ1) is 16.9. The minimum atomic E-state index is -0.138. The molecule has 0 spiro atoms. The molecule has 6 nitrogen and oxygen atoms in total. The van der Waals surface area contributed by atoms with Crippen molar-refractivity contribution in [2.75, 3.05) is 13.2 Å². The van der Waals surface area contributed by atoms with Crippen LogP contribution in [0, 0.1) is 0 Å². The van der Waals surface area contributed by atoms with Gasteiger partial charge in [0.15, 0.2) is 12.4 Å². The van der Waals surface area contributed by atoms with E-state index in [1.807, 2.05) is 19.1 Å². The van der Waals surface area contributed by atoms with Gasteiger partial charge in [-0.05, 0) is 25.0 Å². The average molecular weight is 314 g/mol. The predicted molar refractivity (Wildman–Crippen MR) is 88.1 cm³/mol. The van der Waals surface area contributed by atoms with Crippen LogP contribution in [-0.4, -0.2) is 34.0 Å². The second-order valence-corrected chi connectivity index (χ2v) is 5.10. The number of carbonyl (C=O) groups excluding carboxylic acids is 1. The highest BCUT2D eigenvalue weighted by atomic mass is 16.5. The molecule has 2 heterocycles. The SMILES string of the molecule is CCCCNC(=O)COc1cc(CC)nc(-c2ccncc2)n1. The van der Waals surface area contributed by atoms with E-state index in [9.17, 15) is 4.79 Å². The van der Waals surface area contributed by atoms with Gasteiger partial charge in [0.1, 0.15) is 0 Å². The van der Waals surface area contributed by atoms with E-state index in [0.717, 1.165) is 30.5 Å². The number of nitrogens with one attached hydrogen (secondary N) is 1. The minimum Gasteiger partial charge on any atom is -0.467 e. The van der Waals surface area contributed by atoms with Crippen molar-refractivity contribution in [1.82, 2.24) is 20.3 Å². The molecule has 0 saturated carbocycles. The second kappa shape index (κ2) is 8.82. The number of hydrogen-bond acceptors (Lipinski definition) is 5. The number of amides is 1. The number of aryl methyl sites for hydroxylation is 1. The van der Waals surface area contributed by atoms with Crippen molar-refractivity contribution in [3.63, 3.8) is 0 Å². The molecular weight excluding hydrogens is 292 g/mol. The zero-order valence-electron chi connectivity index (χ0n) is 13.6. The molecule has 6 heteroatoms. The van der Waals surface area contributed by atoms with Crippen LogP contribution in [0.15, 0.2) is 30.6 Å². The first-order chi connectivity index (χ1) is 11.2. The molecule has 0 bridgehead atoms. The summed E-state index contributed by atoms with van der Waals surface area (Å²) >= 11 is 0. The maximum atomic E-state index is 11.7. The third-order valence-electron chi connectivity index (χ3n) is 3.26. The zero-order valence-corrected chi connectivity index (χ0v) is 13.6. The Morgan fingerprint density at radius 2 is 2.00 bits per heavy atom. The summed E-state index contributed by atoms with van der Waals surface area (Å²) in [5, 5.41) is 2.81. The molecule has 0 aliphatic heterocycles. The summed E-state index contributed by atoms with van der Waals surface area (Å²) in [4.78, 5) is 24.6. The zero-order chi connectivity index (χ0) is 16.5. The number of aromatic nitrogens is 3. The van der Waals surface area contributed by atoms with Crippen LogP contribution in [0.1, 0.15) is 32.4 Å². The fraction of sp³-hybridized carbons (Fsp3) is 0.412. The minimum absolute atomic E-state index is 0.0420. The third kappa shape index (κ3) is 5.32. The molecule has 23 heavy (non-hydrogen) atoms. The molecule has 1 amide bonds. The van der Waals surface area contributed by atoms with E-state index in [0.29, 0.717) is 18.2 Å². The van der Waals surface area contributed by atoms with Gasteiger partial charge in [0, 0.05) is 36.3 Å². The Morgan fingerprint density at radius 3 is 2.70 bits per heavy atom. The van der Waals surface area contributed by atoms with Crippen LogP contribution >= 0.6 is 0 Å². The van der Waals surface area contributed by atoms with Crippen LogP contribution < -0.4 is 10.1 Å². The van der Waals surface area contributed by atoms with Crippen molar-refractivity contribution in [3.05, 3.63) is 36.3 Å². The lowest BCUT2D eigenvalue weighted by Gasteiger charge is -2.09. The Kier molecular flexibility index (Phi) is 6.47. The predicted octanol–water partition coefficient (Wildman–Crippen LogP) is 2.40. The average Bonchev–Trinajstić information content (AvgIpc) is 2.60. The third-order valence-corrected chi connectivity index (χ3v) is 3.26. The summed E-state index contributed by atoms with van der Waals surface area (Å²) in [7, 11) is 0. The van der Waals surface area contributed by atoms with Crippen LogP contribution in [-0.2, 0) is 11.2 Å². The summed E-state index contributed by atoms with van der Waals surface area (Å²) in [5.41, 5.74) is 1.74. The quantitative estimate of drug-likeness (QED) is 0.757. The largest absolute Gasteiger partial charge is 0.467 e. The summed E-state index contributed by atoms with van der Waals surface area (Å²) < 4.78 is 5.52. The molecule has 1 N–H and O–H groups in total. The highest BCUT2D eigenvalue weighted by Gasteiger charge is 2.09.